The summed E-state index contributed by atoms with van der Waals surface area (Å²) < 4.78 is 0. The van der Waals surface area contributed by atoms with E-state index in [1.54, 1.807) is 6.07 Å². The lowest BCUT2D eigenvalue weighted by molar-refractivity contribution is 0.0767. The molecule has 0 aromatic carbocycles. The van der Waals surface area contributed by atoms with Crippen LogP contribution in [0.1, 0.15) is 9.67 Å². The predicted octanol–water partition coefficient (Wildman–Crippen LogP) is 0.821. The number of hydrogen-bond acceptors (Lipinski definition) is 4. The maximum absolute atomic E-state index is 10.9. The fourth-order valence-electron chi connectivity index (χ4n) is 0.584. The summed E-state index contributed by atoms with van der Waals surface area (Å²) in [6.07, 6.45) is 0. The molecule has 0 atom stereocenters. The van der Waals surface area contributed by atoms with Gasteiger partial charge in [0, 0.05) is 0 Å². The lowest BCUT2D eigenvalue weighted by Crippen LogP contribution is -2.10. The van der Waals surface area contributed by atoms with Crippen LogP contribution in [0.5, 0.6) is 0 Å². The fraction of sp³-hybridized carbons (Fsp3) is 0.167. The Kier molecular flexibility index (Phi) is 2.56. The zero-order valence-corrected chi connectivity index (χ0v) is 6.06. The minimum absolute atomic E-state index is 0.0412. The molecule has 0 aliphatic rings. The third kappa shape index (κ3) is 1.63. The van der Waals surface area contributed by atoms with Crippen molar-refractivity contribution in [1.29, 1.82) is 0 Å². The number of carbonyl (C=O) groups is 1. The number of thiophene rings is 1. The van der Waals surface area contributed by atoms with E-state index in [0.29, 0.717) is 4.88 Å². The van der Waals surface area contributed by atoms with Crippen LogP contribution in [0.2, 0.25) is 0 Å². The van der Waals surface area contributed by atoms with Crippen molar-refractivity contribution in [1.82, 2.24) is 0 Å². The molecule has 0 spiro atoms. The quantitative estimate of drug-likeness (QED) is 0.522. The molecule has 10 heavy (non-hydrogen) atoms. The molecule has 0 amide bonds. The fourth-order valence-corrected chi connectivity index (χ4v) is 1.24. The van der Waals surface area contributed by atoms with E-state index >= 15 is 0 Å². The molecule has 0 saturated heterocycles. The third-order valence-corrected chi connectivity index (χ3v) is 1.92. The number of ketones is 1. The van der Waals surface area contributed by atoms with Gasteiger partial charge in [-0.05, 0) is 11.4 Å². The van der Waals surface area contributed by atoms with Crippen LogP contribution in [0, 0.1) is 0 Å². The predicted molar refractivity (Wildman–Crippen MR) is 38.8 cm³/mol. The van der Waals surface area contributed by atoms with E-state index in [1.165, 1.54) is 11.3 Å². The van der Waals surface area contributed by atoms with Gasteiger partial charge in [-0.1, -0.05) is 6.07 Å². The molecule has 0 aliphatic heterocycles. The van der Waals surface area contributed by atoms with Crippen molar-refractivity contribution in [2.75, 3.05) is 6.61 Å². The van der Waals surface area contributed by atoms with E-state index in [-0.39, 0.29) is 12.4 Å². The van der Waals surface area contributed by atoms with E-state index in [9.17, 15) is 4.79 Å². The summed E-state index contributed by atoms with van der Waals surface area (Å²) in [6.45, 7) is -0.0412. The van der Waals surface area contributed by atoms with Crippen LogP contribution in [0.4, 0.5) is 0 Å². The Balaban J connectivity index is 2.59. The van der Waals surface area contributed by atoms with Gasteiger partial charge in [0.05, 0.1) is 4.88 Å². The van der Waals surface area contributed by atoms with Gasteiger partial charge in [-0.2, -0.15) is 0 Å². The summed E-state index contributed by atoms with van der Waals surface area (Å²) in [5.41, 5.74) is 0. The SMILES string of the molecule is NOCC(=O)c1cccs1. The van der Waals surface area contributed by atoms with Crippen LogP contribution in [0.3, 0.4) is 0 Å². The molecule has 0 radical (unpaired) electrons. The number of hydrogen-bond donors (Lipinski definition) is 1. The van der Waals surface area contributed by atoms with Crippen molar-refractivity contribution in [3.63, 3.8) is 0 Å². The molecule has 1 aromatic rings. The number of nitrogens with two attached hydrogens (primary N) is 1. The first-order valence-corrected chi connectivity index (χ1v) is 3.61. The van der Waals surface area contributed by atoms with Gasteiger partial charge < -0.3 is 0 Å². The first-order valence-electron chi connectivity index (χ1n) is 2.73. The molecule has 0 aliphatic carbocycles. The van der Waals surface area contributed by atoms with E-state index in [0.717, 1.165) is 0 Å². The van der Waals surface area contributed by atoms with Gasteiger partial charge in [-0.15, -0.1) is 11.3 Å². The van der Waals surface area contributed by atoms with Gasteiger partial charge in [0.2, 0.25) is 0 Å². The summed E-state index contributed by atoms with van der Waals surface area (Å²) in [7, 11) is 0. The summed E-state index contributed by atoms with van der Waals surface area (Å²) in [5.74, 6) is 4.65. The van der Waals surface area contributed by atoms with Gasteiger partial charge in [0.1, 0.15) is 6.61 Å². The van der Waals surface area contributed by atoms with Gasteiger partial charge in [-0.25, -0.2) is 5.90 Å². The molecular formula is C6H7NO2S. The highest BCUT2D eigenvalue weighted by molar-refractivity contribution is 7.12. The maximum Gasteiger partial charge on any atom is 0.200 e. The Bertz CT molecular complexity index is 208. The topological polar surface area (TPSA) is 52.3 Å². The average molecular weight is 157 g/mol. The highest BCUT2D eigenvalue weighted by atomic mass is 32.1. The van der Waals surface area contributed by atoms with Crippen LogP contribution in [-0.2, 0) is 4.84 Å². The lowest BCUT2D eigenvalue weighted by atomic mass is 10.3. The number of carbonyl (C=O) groups excluding carboxylic acids is 1. The van der Waals surface area contributed by atoms with E-state index in [4.69, 9.17) is 5.90 Å². The minimum atomic E-state index is -0.0718. The largest absolute Gasteiger partial charge is 0.296 e. The van der Waals surface area contributed by atoms with Crippen molar-refractivity contribution in [2.45, 2.75) is 0 Å². The normalized spacial score (nSPS) is 9.70. The van der Waals surface area contributed by atoms with Crippen LogP contribution in [0.25, 0.3) is 0 Å². The Morgan fingerprint density at radius 2 is 2.60 bits per heavy atom. The number of rotatable bonds is 3. The standard InChI is InChI=1S/C6H7NO2S/c7-9-4-5(8)6-2-1-3-10-6/h1-3H,4,7H2. The van der Waals surface area contributed by atoms with Gasteiger partial charge in [0.25, 0.3) is 0 Å². The van der Waals surface area contributed by atoms with Crippen molar-refractivity contribution >= 4 is 17.1 Å². The third-order valence-electron chi connectivity index (χ3n) is 1.01. The summed E-state index contributed by atoms with van der Waals surface area (Å²) >= 11 is 1.39. The molecule has 0 bridgehead atoms. The highest BCUT2D eigenvalue weighted by Gasteiger charge is 2.04. The smallest absolute Gasteiger partial charge is 0.200 e. The van der Waals surface area contributed by atoms with Crippen molar-refractivity contribution in [3.05, 3.63) is 22.4 Å². The first kappa shape index (κ1) is 7.40. The zero-order valence-electron chi connectivity index (χ0n) is 5.24. The van der Waals surface area contributed by atoms with Gasteiger partial charge >= 0.3 is 0 Å². The first-order chi connectivity index (χ1) is 4.84. The second-order valence-corrected chi connectivity index (χ2v) is 2.66. The van der Waals surface area contributed by atoms with Crippen molar-refractivity contribution in [2.24, 2.45) is 5.90 Å². The molecule has 3 nitrogen and oxygen atoms in total. The Morgan fingerprint density at radius 1 is 1.80 bits per heavy atom. The van der Waals surface area contributed by atoms with E-state index in [1.807, 2.05) is 11.4 Å². The highest BCUT2D eigenvalue weighted by Crippen LogP contribution is 2.08. The van der Waals surface area contributed by atoms with Crippen molar-refractivity contribution < 1.29 is 9.63 Å². The Labute approximate surface area is 62.4 Å². The zero-order chi connectivity index (χ0) is 7.40. The molecule has 1 aromatic heterocycles. The Hall–Kier alpha value is -0.710. The Morgan fingerprint density at radius 3 is 3.10 bits per heavy atom. The average Bonchev–Trinajstić information content (AvgIpc) is 2.38. The van der Waals surface area contributed by atoms with E-state index in [2.05, 4.69) is 4.84 Å². The lowest BCUT2D eigenvalue weighted by Gasteiger charge is -1.91. The van der Waals surface area contributed by atoms with Crippen LogP contribution < -0.4 is 5.90 Å². The maximum atomic E-state index is 10.9. The van der Waals surface area contributed by atoms with Crippen LogP contribution in [0.15, 0.2) is 17.5 Å². The molecule has 0 unspecified atom stereocenters. The molecule has 2 N–H and O–H groups in total. The molecule has 54 valence electrons. The molecule has 1 rings (SSSR count). The molecule has 0 fully saturated rings. The summed E-state index contributed by atoms with van der Waals surface area (Å²) in [4.78, 5) is 15.8. The monoisotopic (exact) mass is 157 g/mol. The second kappa shape index (κ2) is 3.46. The summed E-state index contributed by atoms with van der Waals surface area (Å²) in [5, 5.41) is 1.84. The van der Waals surface area contributed by atoms with E-state index < -0.39 is 0 Å². The number of Topliss-reactive ketones (excluding diaryl/α,β-unsaturated/α-hetero) is 1. The molecule has 1 heterocycles. The van der Waals surface area contributed by atoms with Crippen LogP contribution in [-0.4, -0.2) is 12.4 Å². The van der Waals surface area contributed by atoms with Crippen molar-refractivity contribution in [3.8, 4) is 0 Å². The molecular weight excluding hydrogens is 150 g/mol. The van der Waals surface area contributed by atoms with Gasteiger partial charge in [0.15, 0.2) is 5.78 Å². The second-order valence-electron chi connectivity index (χ2n) is 1.71. The molecule has 0 saturated carbocycles. The van der Waals surface area contributed by atoms with Crippen LogP contribution >= 0.6 is 11.3 Å². The molecule has 4 heteroatoms. The summed E-state index contributed by atoms with van der Waals surface area (Å²) in [6, 6.07) is 3.56. The van der Waals surface area contributed by atoms with Gasteiger partial charge in [-0.3, -0.25) is 9.63 Å². The minimum Gasteiger partial charge on any atom is -0.296 e.